The number of nitriles is 1. The summed E-state index contributed by atoms with van der Waals surface area (Å²) in [5.41, 5.74) is -1.58. The summed E-state index contributed by atoms with van der Waals surface area (Å²) < 4.78 is 5.25. The number of hydrogen-bond acceptors (Lipinski definition) is 8. The van der Waals surface area contributed by atoms with Gasteiger partial charge in [-0.2, -0.15) is 25.7 Å². The van der Waals surface area contributed by atoms with Crippen molar-refractivity contribution in [2.75, 3.05) is 12.4 Å². The summed E-state index contributed by atoms with van der Waals surface area (Å²) in [5.74, 6) is 0.290. The summed E-state index contributed by atoms with van der Waals surface area (Å²) in [5, 5.41) is 26.2. The molecule has 27 heavy (non-hydrogen) atoms. The topological polar surface area (TPSA) is 99.5 Å². The number of carbonyl (C=O) groups excluding carboxylic acids is 1. The minimum absolute atomic E-state index is 0.130. The van der Waals surface area contributed by atoms with Crippen LogP contribution in [0.5, 0.6) is 0 Å². The molecule has 8 heteroatoms. The molecule has 0 aliphatic carbocycles. The second-order valence-electron chi connectivity index (χ2n) is 9.14. The van der Waals surface area contributed by atoms with Gasteiger partial charge < -0.3 is 4.74 Å². The van der Waals surface area contributed by atoms with Gasteiger partial charge in [-0.1, -0.05) is 0 Å². The molecule has 0 rings (SSSR count). The van der Waals surface area contributed by atoms with Gasteiger partial charge in [-0.3, -0.25) is 4.79 Å². The molecule has 0 aliphatic rings. The van der Waals surface area contributed by atoms with Crippen molar-refractivity contribution in [2.24, 2.45) is 20.5 Å². The number of hydrogen-bond donors (Lipinski definition) is 0. The molecule has 0 saturated carbocycles. The van der Waals surface area contributed by atoms with Crippen molar-refractivity contribution >= 4 is 17.7 Å². The summed E-state index contributed by atoms with van der Waals surface area (Å²) in [4.78, 5) is 11.6. The summed E-state index contributed by atoms with van der Waals surface area (Å²) in [6, 6.07) is 2.12. The molecule has 0 aromatic rings. The number of ether oxygens (including phenoxy) is 1. The molecule has 0 aliphatic heterocycles. The number of azo groups is 2. The van der Waals surface area contributed by atoms with Crippen LogP contribution in [0.25, 0.3) is 0 Å². The molecule has 0 heterocycles. The summed E-state index contributed by atoms with van der Waals surface area (Å²) in [7, 11) is 0. The van der Waals surface area contributed by atoms with Gasteiger partial charge in [-0.25, -0.2) is 0 Å². The van der Waals surface area contributed by atoms with Gasteiger partial charge in [-0.15, -0.1) is 11.8 Å². The van der Waals surface area contributed by atoms with Gasteiger partial charge in [0.2, 0.25) is 0 Å². The highest BCUT2D eigenvalue weighted by Gasteiger charge is 2.26. The van der Waals surface area contributed by atoms with E-state index in [4.69, 9.17) is 4.74 Å². The highest BCUT2D eigenvalue weighted by Crippen LogP contribution is 2.27. The first-order valence-electron chi connectivity index (χ1n) is 9.16. The molecule has 0 aromatic heterocycles. The van der Waals surface area contributed by atoms with Crippen molar-refractivity contribution in [3.05, 3.63) is 0 Å². The van der Waals surface area contributed by atoms with Crippen molar-refractivity contribution in [2.45, 2.75) is 96.6 Å². The molecule has 0 amide bonds. The number of thioether (sulfide) groups is 1. The lowest BCUT2D eigenvalue weighted by molar-refractivity contribution is -0.143. The smallest absolute Gasteiger partial charge is 0.305 e. The van der Waals surface area contributed by atoms with Crippen molar-refractivity contribution in [3.63, 3.8) is 0 Å². The first kappa shape index (κ1) is 25.5. The van der Waals surface area contributed by atoms with E-state index in [1.807, 2.05) is 55.4 Å². The second-order valence-corrected chi connectivity index (χ2v) is 10.8. The van der Waals surface area contributed by atoms with Crippen LogP contribution in [-0.4, -0.2) is 39.8 Å². The molecular weight excluding hydrogens is 362 g/mol. The minimum atomic E-state index is -1.02. The third-order valence-electron chi connectivity index (χ3n) is 3.02. The van der Waals surface area contributed by atoms with Crippen LogP contribution in [0.15, 0.2) is 20.5 Å². The van der Waals surface area contributed by atoms with Crippen LogP contribution < -0.4 is 0 Å². The van der Waals surface area contributed by atoms with Crippen LogP contribution in [0.3, 0.4) is 0 Å². The monoisotopic (exact) mass is 397 g/mol. The Morgan fingerprint density at radius 2 is 1.44 bits per heavy atom. The van der Waals surface area contributed by atoms with Gasteiger partial charge >= 0.3 is 5.97 Å². The van der Waals surface area contributed by atoms with Gasteiger partial charge in [0.05, 0.1) is 17.1 Å². The van der Waals surface area contributed by atoms with Crippen LogP contribution in [0.1, 0.15) is 75.2 Å². The molecule has 7 nitrogen and oxygen atoms in total. The molecule has 0 spiro atoms. The lowest BCUT2D eigenvalue weighted by atomic mass is 9.99. The largest absolute Gasteiger partial charge is 0.465 e. The van der Waals surface area contributed by atoms with Crippen LogP contribution in [0.2, 0.25) is 0 Å². The average molecular weight is 398 g/mol. The minimum Gasteiger partial charge on any atom is -0.465 e. The molecule has 0 saturated heterocycles. The fourth-order valence-corrected chi connectivity index (χ4v) is 2.32. The Morgan fingerprint density at radius 3 is 1.93 bits per heavy atom. The third kappa shape index (κ3) is 14.3. The molecule has 0 aromatic carbocycles. The third-order valence-corrected chi connectivity index (χ3v) is 4.18. The molecular formula is C19H35N5O2S. The van der Waals surface area contributed by atoms with E-state index in [-0.39, 0.29) is 34.8 Å². The number of carbonyl (C=O) groups is 1. The van der Waals surface area contributed by atoms with Crippen LogP contribution >= 0.6 is 11.8 Å². The van der Waals surface area contributed by atoms with Crippen molar-refractivity contribution < 1.29 is 9.53 Å². The van der Waals surface area contributed by atoms with E-state index in [1.165, 1.54) is 0 Å². The Hall–Kier alpha value is -1.49. The van der Waals surface area contributed by atoms with E-state index in [0.717, 1.165) is 0 Å². The highest BCUT2D eigenvalue weighted by atomic mass is 32.2. The van der Waals surface area contributed by atoms with Gasteiger partial charge in [-0.05, 0) is 68.7 Å². The van der Waals surface area contributed by atoms with Gasteiger partial charge in [0, 0.05) is 12.2 Å². The summed E-state index contributed by atoms with van der Waals surface area (Å²) in [6.07, 6.45) is 0.408. The van der Waals surface area contributed by atoms with E-state index < -0.39 is 5.54 Å². The first-order valence-corrected chi connectivity index (χ1v) is 10.2. The molecule has 0 fully saturated rings. The second kappa shape index (κ2) is 10.2. The maximum atomic E-state index is 11.9. The van der Waals surface area contributed by atoms with Crippen LogP contribution in [0.4, 0.5) is 0 Å². The fraction of sp³-hybridized carbons (Fsp3) is 0.895. The van der Waals surface area contributed by atoms with E-state index >= 15 is 0 Å². The standard InChI is InChI=1S/C19H35N5O2S/c1-16(2,3)21-23-18(7,8)27-13-12-26-15(25)10-11-19(9,14-20)24-22-17(4,5)6/h10-13H2,1-9H3. The fourth-order valence-electron chi connectivity index (χ4n) is 1.55. The number of esters is 1. The lowest BCUT2D eigenvalue weighted by Gasteiger charge is -2.20. The Bertz CT molecular complexity index is 582. The lowest BCUT2D eigenvalue weighted by Crippen LogP contribution is -2.23. The van der Waals surface area contributed by atoms with Crippen LogP contribution in [-0.2, 0) is 9.53 Å². The normalized spacial score (nSPS) is 15.7. The maximum Gasteiger partial charge on any atom is 0.305 e. The van der Waals surface area contributed by atoms with Crippen molar-refractivity contribution in [3.8, 4) is 6.07 Å². The molecule has 154 valence electrons. The zero-order chi connectivity index (χ0) is 21.4. The average Bonchev–Trinajstić information content (AvgIpc) is 2.52. The zero-order valence-corrected chi connectivity index (χ0v) is 19.1. The highest BCUT2D eigenvalue weighted by molar-refractivity contribution is 8.00. The Balaban J connectivity index is 4.33. The SMILES string of the molecule is CC(C)(C)N=NC(C)(C#N)CCC(=O)OCCSC(C)(C)N=NC(C)(C)C. The van der Waals surface area contributed by atoms with Crippen molar-refractivity contribution in [1.82, 2.24) is 0 Å². The summed E-state index contributed by atoms with van der Waals surface area (Å²) >= 11 is 1.58. The Kier molecular flexibility index (Phi) is 9.60. The van der Waals surface area contributed by atoms with Crippen LogP contribution in [0, 0.1) is 11.3 Å². The molecule has 1 unspecified atom stereocenters. The van der Waals surface area contributed by atoms with Gasteiger partial charge in [0.25, 0.3) is 0 Å². The van der Waals surface area contributed by atoms with E-state index in [1.54, 1.807) is 18.7 Å². The number of rotatable bonds is 9. The summed E-state index contributed by atoms with van der Waals surface area (Å²) in [6.45, 7) is 17.6. The number of nitrogens with zero attached hydrogens (tertiary/aromatic N) is 5. The Labute approximate surface area is 168 Å². The molecule has 0 bridgehead atoms. The Morgan fingerprint density at radius 1 is 0.926 bits per heavy atom. The van der Waals surface area contributed by atoms with E-state index in [0.29, 0.717) is 12.4 Å². The maximum absolute atomic E-state index is 11.9. The van der Waals surface area contributed by atoms with E-state index in [2.05, 4.69) is 26.5 Å². The zero-order valence-electron chi connectivity index (χ0n) is 18.3. The van der Waals surface area contributed by atoms with Crippen molar-refractivity contribution in [1.29, 1.82) is 5.26 Å². The van der Waals surface area contributed by atoms with E-state index in [9.17, 15) is 10.1 Å². The predicted molar refractivity (Wildman–Crippen MR) is 110 cm³/mol. The first-order chi connectivity index (χ1) is 12.1. The van der Waals surface area contributed by atoms with Gasteiger partial charge in [0.1, 0.15) is 11.5 Å². The molecule has 1 atom stereocenters. The quantitative estimate of drug-likeness (QED) is 0.289. The molecule has 0 N–H and O–H groups in total. The molecule has 0 radical (unpaired) electrons. The predicted octanol–water partition coefficient (Wildman–Crippen LogP) is 5.56. The van der Waals surface area contributed by atoms with Gasteiger partial charge in [0.15, 0.2) is 5.54 Å².